The molecule has 0 saturated carbocycles. The first kappa shape index (κ1) is 22.9. The lowest BCUT2D eigenvalue weighted by Crippen LogP contribution is -2.40. The van der Waals surface area contributed by atoms with Crippen LogP contribution in [0.2, 0.25) is 0 Å². The van der Waals surface area contributed by atoms with E-state index in [9.17, 15) is 9.59 Å². The van der Waals surface area contributed by atoms with Crippen molar-refractivity contribution in [2.24, 2.45) is 0 Å². The minimum absolute atomic E-state index is 0.0834. The van der Waals surface area contributed by atoms with Crippen LogP contribution in [-0.2, 0) is 16.0 Å². The van der Waals surface area contributed by atoms with Gasteiger partial charge in [0.25, 0.3) is 5.91 Å². The highest BCUT2D eigenvalue weighted by atomic mass is 16.5. The van der Waals surface area contributed by atoms with Gasteiger partial charge in [0, 0.05) is 19.5 Å². The average molecular weight is 423 g/mol. The van der Waals surface area contributed by atoms with E-state index in [-0.39, 0.29) is 17.9 Å². The molecule has 0 fully saturated rings. The van der Waals surface area contributed by atoms with Gasteiger partial charge in [-0.1, -0.05) is 56.7 Å². The number of rotatable bonds is 8. The van der Waals surface area contributed by atoms with Crippen LogP contribution in [0.4, 0.5) is 0 Å². The molecule has 0 radical (unpaired) electrons. The second-order valence-corrected chi connectivity index (χ2v) is 8.17. The Morgan fingerprint density at radius 1 is 1.13 bits per heavy atom. The zero-order valence-corrected chi connectivity index (χ0v) is 19.1. The summed E-state index contributed by atoms with van der Waals surface area (Å²) in [5.74, 6) is 0.730. The second-order valence-electron chi connectivity index (χ2n) is 8.17. The van der Waals surface area contributed by atoms with Crippen molar-refractivity contribution >= 4 is 11.8 Å². The van der Waals surface area contributed by atoms with Gasteiger partial charge in [0.15, 0.2) is 6.10 Å². The van der Waals surface area contributed by atoms with Gasteiger partial charge in [0.05, 0.1) is 6.04 Å². The largest absolute Gasteiger partial charge is 0.481 e. The van der Waals surface area contributed by atoms with Gasteiger partial charge in [-0.25, -0.2) is 0 Å². The van der Waals surface area contributed by atoms with Crippen molar-refractivity contribution in [2.45, 2.75) is 65.5 Å². The van der Waals surface area contributed by atoms with Crippen LogP contribution in [0.5, 0.6) is 5.75 Å². The molecule has 31 heavy (non-hydrogen) atoms. The van der Waals surface area contributed by atoms with Gasteiger partial charge < -0.3 is 15.0 Å². The first-order valence-electron chi connectivity index (χ1n) is 11.4. The fraction of sp³-hybridized carbons (Fsp3) is 0.462. The number of benzene rings is 2. The number of carbonyl (C=O) groups is 2. The topological polar surface area (TPSA) is 58.6 Å². The third kappa shape index (κ3) is 5.27. The molecule has 1 aliphatic heterocycles. The average Bonchev–Trinajstić information content (AvgIpc) is 2.80. The number of hydrogen-bond donors (Lipinski definition) is 1. The molecule has 5 nitrogen and oxygen atoms in total. The zero-order valence-electron chi connectivity index (χ0n) is 19.1. The van der Waals surface area contributed by atoms with Crippen LogP contribution in [0.1, 0.15) is 68.3 Å². The van der Waals surface area contributed by atoms with Crippen molar-refractivity contribution in [3.8, 4) is 5.75 Å². The molecule has 1 N–H and O–H groups in total. The van der Waals surface area contributed by atoms with Crippen LogP contribution in [0.25, 0.3) is 0 Å². The normalized spacial score (nSPS) is 16.4. The summed E-state index contributed by atoms with van der Waals surface area (Å²) in [6.45, 7) is 9.30. The molecule has 3 rings (SSSR count). The van der Waals surface area contributed by atoms with Crippen molar-refractivity contribution in [3.05, 3.63) is 64.7 Å². The molecule has 2 atom stereocenters. The number of carbonyl (C=O) groups excluding carboxylic acids is 2. The second kappa shape index (κ2) is 10.5. The van der Waals surface area contributed by atoms with E-state index >= 15 is 0 Å². The number of fused-ring (bicyclic) bond motifs is 1. The van der Waals surface area contributed by atoms with E-state index in [4.69, 9.17) is 4.74 Å². The Hall–Kier alpha value is -2.82. The molecule has 2 amide bonds. The van der Waals surface area contributed by atoms with Gasteiger partial charge in [-0.2, -0.15) is 0 Å². The summed E-state index contributed by atoms with van der Waals surface area (Å²) < 4.78 is 6.10. The number of amides is 2. The highest BCUT2D eigenvalue weighted by molar-refractivity contribution is 5.81. The van der Waals surface area contributed by atoms with Crippen LogP contribution in [0.15, 0.2) is 42.5 Å². The molecule has 0 saturated heterocycles. The van der Waals surface area contributed by atoms with E-state index in [1.807, 2.05) is 37.8 Å². The van der Waals surface area contributed by atoms with Crippen LogP contribution in [0, 0.1) is 6.92 Å². The van der Waals surface area contributed by atoms with Gasteiger partial charge in [-0.05, 0) is 55.0 Å². The lowest BCUT2D eigenvalue weighted by molar-refractivity contribution is -0.133. The first-order chi connectivity index (χ1) is 15.0. The standard InChI is InChI=1S/C26H34N2O3/c1-5-15-27-26(30)23(6-2)31-21-13-12-19-14-16-28(24(29)7-3)25(22(19)17-21)20-10-8-18(4)9-11-20/h8-13,17,23,25H,5-7,14-16H2,1-4H3,(H,27,30)/t23-,25-/m0/s1. The fourth-order valence-corrected chi connectivity index (χ4v) is 4.10. The number of nitrogens with one attached hydrogen (secondary N) is 1. The van der Waals surface area contributed by atoms with Gasteiger partial charge >= 0.3 is 0 Å². The highest BCUT2D eigenvalue weighted by Gasteiger charge is 2.32. The summed E-state index contributed by atoms with van der Waals surface area (Å²) in [7, 11) is 0. The van der Waals surface area contributed by atoms with Crippen molar-refractivity contribution < 1.29 is 14.3 Å². The Kier molecular flexibility index (Phi) is 7.72. The van der Waals surface area contributed by atoms with Crippen molar-refractivity contribution in [1.82, 2.24) is 10.2 Å². The minimum atomic E-state index is -0.528. The van der Waals surface area contributed by atoms with Crippen LogP contribution in [-0.4, -0.2) is 35.9 Å². The number of hydrogen-bond acceptors (Lipinski definition) is 3. The Bertz CT molecular complexity index is 907. The maximum Gasteiger partial charge on any atom is 0.261 e. The van der Waals surface area contributed by atoms with Gasteiger partial charge in [0.2, 0.25) is 5.91 Å². The summed E-state index contributed by atoms with van der Waals surface area (Å²) in [6.07, 6.45) is 2.25. The maximum atomic E-state index is 12.8. The van der Waals surface area contributed by atoms with E-state index < -0.39 is 6.10 Å². The molecule has 0 bridgehead atoms. The molecule has 0 unspecified atom stereocenters. The van der Waals surface area contributed by atoms with Gasteiger partial charge in [0.1, 0.15) is 5.75 Å². The fourth-order valence-electron chi connectivity index (χ4n) is 4.10. The van der Waals surface area contributed by atoms with E-state index in [1.165, 1.54) is 11.1 Å². The van der Waals surface area contributed by atoms with E-state index in [0.717, 1.165) is 24.0 Å². The van der Waals surface area contributed by atoms with Crippen molar-refractivity contribution in [2.75, 3.05) is 13.1 Å². The van der Waals surface area contributed by atoms with Crippen molar-refractivity contribution in [3.63, 3.8) is 0 Å². The Morgan fingerprint density at radius 3 is 2.52 bits per heavy atom. The molecule has 1 heterocycles. The molecule has 1 aliphatic rings. The molecule has 2 aromatic rings. The molecule has 0 aromatic heterocycles. The SMILES string of the molecule is CCCNC(=O)[C@H](CC)Oc1ccc2c(c1)[C@H](c1ccc(C)cc1)N(C(=O)CC)CC2. The zero-order chi connectivity index (χ0) is 22.4. The lowest BCUT2D eigenvalue weighted by Gasteiger charge is -2.38. The third-order valence-corrected chi connectivity index (χ3v) is 5.85. The molecule has 0 aliphatic carbocycles. The van der Waals surface area contributed by atoms with Crippen LogP contribution < -0.4 is 10.1 Å². The summed E-state index contributed by atoms with van der Waals surface area (Å²) >= 11 is 0. The van der Waals surface area contributed by atoms with Crippen molar-refractivity contribution in [1.29, 1.82) is 0 Å². The van der Waals surface area contributed by atoms with E-state index in [1.54, 1.807) is 0 Å². The molecular weight excluding hydrogens is 388 g/mol. The number of ether oxygens (including phenoxy) is 1. The third-order valence-electron chi connectivity index (χ3n) is 5.85. The van der Waals surface area contributed by atoms with E-state index in [0.29, 0.717) is 31.7 Å². The van der Waals surface area contributed by atoms with Gasteiger partial charge in [-0.15, -0.1) is 0 Å². The summed E-state index contributed by atoms with van der Waals surface area (Å²) in [5.41, 5.74) is 4.59. The minimum Gasteiger partial charge on any atom is -0.481 e. The van der Waals surface area contributed by atoms with Crippen LogP contribution in [0.3, 0.4) is 0 Å². The summed E-state index contributed by atoms with van der Waals surface area (Å²) in [5, 5.41) is 2.92. The molecule has 2 aromatic carbocycles. The van der Waals surface area contributed by atoms with Gasteiger partial charge in [-0.3, -0.25) is 9.59 Å². The Morgan fingerprint density at radius 2 is 1.87 bits per heavy atom. The smallest absolute Gasteiger partial charge is 0.261 e. The van der Waals surface area contributed by atoms with Crippen LogP contribution >= 0.6 is 0 Å². The predicted molar refractivity (Wildman–Crippen MR) is 123 cm³/mol. The Balaban J connectivity index is 1.95. The Labute approximate surface area is 185 Å². The first-order valence-corrected chi connectivity index (χ1v) is 11.4. The quantitative estimate of drug-likeness (QED) is 0.678. The summed E-state index contributed by atoms with van der Waals surface area (Å²) in [4.78, 5) is 27.2. The number of nitrogens with zero attached hydrogens (tertiary/aromatic N) is 1. The number of aryl methyl sites for hydroxylation is 1. The molecule has 166 valence electrons. The lowest BCUT2D eigenvalue weighted by atomic mass is 9.87. The molecule has 5 heteroatoms. The maximum absolute atomic E-state index is 12.8. The highest BCUT2D eigenvalue weighted by Crippen LogP contribution is 2.37. The molecule has 0 spiro atoms. The predicted octanol–water partition coefficient (Wildman–Crippen LogP) is 4.56. The summed E-state index contributed by atoms with van der Waals surface area (Å²) in [6, 6.07) is 14.3. The van der Waals surface area contributed by atoms with E-state index in [2.05, 4.69) is 42.6 Å². The molecular formula is C26H34N2O3. The monoisotopic (exact) mass is 422 g/mol.